The largest absolute Gasteiger partial charge is 0.383 e. The molecule has 1 aromatic carbocycles. The lowest BCUT2D eigenvalue weighted by atomic mass is 10.2. The quantitative estimate of drug-likeness (QED) is 0.419. The lowest BCUT2D eigenvalue weighted by molar-refractivity contribution is -0.385. The number of hydrogen-bond acceptors (Lipinski definition) is 5. The van der Waals surface area contributed by atoms with Crippen LogP contribution in [0.4, 0.5) is 5.69 Å². The first-order valence-corrected chi connectivity index (χ1v) is 6.73. The summed E-state index contributed by atoms with van der Waals surface area (Å²) < 4.78 is 5.45. The number of carbonyl (C=O) groups is 1. The third-order valence-electron chi connectivity index (χ3n) is 2.47. The van der Waals surface area contributed by atoms with E-state index in [2.05, 4.69) is 26.6 Å². The molecule has 2 N–H and O–H groups in total. The van der Waals surface area contributed by atoms with Gasteiger partial charge in [-0.05, 0) is 12.1 Å². The van der Waals surface area contributed by atoms with Gasteiger partial charge < -0.3 is 15.4 Å². The average Bonchev–Trinajstić information content (AvgIpc) is 2.40. The molecule has 1 amide bonds. The number of nitro benzene ring substituents is 1. The lowest BCUT2D eigenvalue weighted by Gasteiger charge is -2.07. The summed E-state index contributed by atoms with van der Waals surface area (Å²) in [5, 5.41) is 16.4. The summed E-state index contributed by atoms with van der Waals surface area (Å²) in [6.07, 6.45) is 0. The van der Waals surface area contributed by atoms with Crippen LogP contribution in [0, 0.1) is 10.1 Å². The van der Waals surface area contributed by atoms with E-state index in [-0.39, 0.29) is 24.7 Å². The van der Waals surface area contributed by atoms with Crippen molar-refractivity contribution >= 4 is 27.5 Å². The molecule has 0 aliphatic heterocycles. The Hall–Kier alpha value is -1.51. The van der Waals surface area contributed by atoms with Gasteiger partial charge in [0.25, 0.3) is 5.69 Å². The summed E-state index contributed by atoms with van der Waals surface area (Å²) in [6.45, 7) is 1.23. The minimum atomic E-state index is -0.444. The molecule has 0 atom stereocenters. The fourth-order valence-corrected chi connectivity index (χ4v) is 1.87. The number of nitrogens with one attached hydrogen (secondary N) is 2. The molecule has 1 aromatic rings. The van der Waals surface area contributed by atoms with Gasteiger partial charge in [0.15, 0.2) is 0 Å². The molecule has 0 saturated heterocycles. The summed E-state index contributed by atoms with van der Waals surface area (Å²) >= 11 is 3.19. The van der Waals surface area contributed by atoms with Gasteiger partial charge in [0.05, 0.1) is 18.1 Å². The molecule has 7 nitrogen and oxygen atoms in total. The highest BCUT2D eigenvalue weighted by molar-refractivity contribution is 9.10. The predicted octanol–water partition coefficient (Wildman–Crippen LogP) is 1.21. The average molecular weight is 346 g/mol. The van der Waals surface area contributed by atoms with Crippen LogP contribution in [-0.2, 0) is 16.1 Å². The van der Waals surface area contributed by atoms with Crippen LogP contribution in [0.1, 0.15) is 5.56 Å². The Bertz CT molecular complexity index is 482. The molecule has 0 unspecified atom stereocenters. The van der Waals surface area contributed by atoms with Crippen molar-refractivity contribution in [1.82, 2.24) is 10.6 Å². The maximum atomic E-state index is 11.4. The number of nitrogens with zero attached hydrogens (tertiary/aromatic N) is 1. The lowest BCUT2D eigenvalue weighted by Crippen LogP contribution is -2.35. The zero-order valence-corrected chi connectivity index (χ0v) is 12.6. The standard InChI is InChI=1S/C12H16BrN3O4/c1-20-5-4-15-12(17)8-14-7-9-2-3-10(13)6-11(9)16(18)19/h2-3,6,14H,4-5,7-8H2,1H3,(H,15,17). The van der Waals surface area contributed by atoms with Crippen molar-refractivity contribution in [3.63, 3.8) is 0 Å². The van der Waals surface area contributed by atoms with E-state index >= 15 is 0 Å². The molecule has 1 rings (SSSR count). The summed E-state index contributed by atoms with van der Waals surface area (Å²) in [5.74, 6) is -0.179. The Morgan fingerprint density at radius 3 is 2.90 bits per heavy atom. The Morgan fingerprint density at radius 1 is 1.50 bits per heavy atom. The van der Waals surface area contributed by atoms with Crippen LogP contribution in [-0.4, -0.2) is 37.6 Å². The molecule has 0 bridgehead atoms. The van der Waals surface area contributed by atoms with Gasteiger partial charge in [-0.25, -0.2) is 0 Å². The van der Waals surface area contributed by atoms with E-state index < -0.39 is 4.92 Å². The van der Waals surface area contributed by atoms with Crippen LogP contribution < -0.4 is 10.6 Å². The number of hydrogen-bond donors (Lipinski definition) is 2. The van der Waals surface area contributed by atoms with Crippen molar-refractivity contribution in [1.29, 1.82) is 0 Å². The van der Waals surface area contributed by atoms with E-state index in [1.165, 1.54) is 6.07 Å². The number of rotatable bonds is 8. The Labute approximate surface area is 125 Å². The second-order valence-corrected chi connectivity index (χ2v) is 4.89. The SMILES string of the molecule is COCCNC(=O)CNCc1ccc(Br)cc1[N+](=O)[O-]. The van der Waals surface area contributed by atoms with Gasteiger partial charge >= 0.3 is 0 Å². The molecular formula is C12H16BrN3O4. The van der Waals surface area contributed by atoms with Crippen molar-refractivity contribution < 1.29 is 14.5 Å². The second-order valence-electron chi connectivity index (χ2n) is 3.98. The molecular weight excluding hydrogens is 330 g/mol. The molecule has 0 radical (unpaired) electrons. The smallest absolute Gasteiger partial charge is 0.275 e. The third kappa shape index (κ3) is 5.64. The van der Waals surface area contributed by atoms with E-state index in [1.54, 1.807) is 19.2 Å². The van der Waals surface area contributed by atoms with E-state index in [9.17, 15) is 14.9 Å². The molecule has 0 aliphatic rings. The molecule has 110 valence electrons. The van der Waals surface area contributed by atoms with Crippen LogP contribution in [0.3, 0.4) is 0 Å². The fourth-order valence-electron chi connectivity index (χ4n) is 1.52. The van der Waals surface area contributed by atoms with Crippen molar-refractivity contribution in [2.45, 2.75) is 6.54 Å². The highest BCUT2D eigenvalue weighted by Crippen LogP contribution is 2.23. The number of benzene rings is 1. The van der Waals surface area contributed by atoms with Crippen LogP contribution in [0.2, 0.25) is 0 Å². The Kier molecular flexibility index (Phi) is 7.13. The summed E-state index contributed by atoms with van der Waals surface area (Å²) in [4.78, 5) is 21.9. The van der Waals surface area contributed by atoms with E-state index in [0.29, 0.717) is 23.2 Å². The van der Waals surface area contributed by atoms with Gasteiger partial charge in [-0.15, -0.1) is 0 Å². The summed E-state index contributed by atoms with van der Waals surface area (Å²) in [6, 6.07) is 4.82. The van der Waals surface area contributed by atoms with Gasteiger partial charge in [-0.3, -0.25) is 14.9 Å². The molecule has 0 aliphatic carbocycles. The molecule has 0 heterocycles. The first kappa shape index (κ1) is 16.5. The number of carbonyl (C=O) groups excluding carboxylic acids is 1. The van der Waals surface area contributed by atoms with E-state index in [1.807, 2.05) is 0 Å². The van der Waals surface area contributed by atoms with Crippen LogP contribution in [0.5, 0.6) is 0 Å². The minimum Gasteiger partial charge on any atom is -0.383 e. The van der Waals surface area contributed by atoms with Crippen molar-refractivity contribution in [2.75, 3.05) is 26.8 Å². The van der Waals surface area contributed by atoms with Gasteiger partial charge in [-0.1, -0.05) is 15.9 Å². The minimum absolute atomic E-state index is 0.0201. The predicted molar refractivity (Wildman–Crippen MR) is 77.4 cm³/mol. The molecule has 20 heavy (non-hydrogen) atoms. The molecule has 0 aromatic heterocycles. The number of halogens is 1. The molecule has 0 saturated carbocycles. The first-order valence-electron chi connectivity index (χ1n) is 5.93. The number of amides is 1. The second kappa shape index (κ2) is 8.62. The molecule has 0 fully saturated rings. The van der Waals surface area contributed by atoms with Crippen molar-refractivity contribution in [3.05, 3.63) is 38.3 Å². The van der Waals surface area contributed by atoms with Crippen molar-refractivity contribution in [3.8, 4) is 0 Å². The zero-order chi connectivity index (χ0) is 15.0. The normalized spacial score (nSPS) is 10.3. The Morgan fingerprint density at radius 2 is 2.25 bits per heavy atom. The third-order valence-corrected chi connectivity index (χ3v) is 2.97. The van der Waals surface area contributed by atoms with Crippen LogP contribution in [0.15, 0.2) is 22.7 Å². The van der Waals surface area contributed by atoms with Gasteiger partial charge in [0, 0.05) is 36.3 Å². The number of ether oxygens (including phenoxy) is 1. The van der Waals surface area contributed by atoms with Gasteiger partial charge in [0.1, 0.15) is 0 Å². The molecule has 0 spiro atoms. The topological polar surface area (TPSA) is 93.5 Å². The Balaban J connectivity index is 2.46. The van der Waals surface area contributed by atoms with E-state index in [4.69, 9.17) is 4.74 Å². The van der Waals surface area contributed by atoms with Crippen LogP contribution >= 0.6 is 15.9 Å². The number of nitro groups is 1. The molecule has 8 heteroatoms. The highest BCUT2D eigenvalue weighted by atomic mass is 79.9. The zero-order valence-electron chi connectivity index (χ0n) is 11.0. The first-order chi connectivity index (χ1) is 9.54. The fraction of sp³-hybridized carbons (Fsp3) is 0.417. The van der Waals surface area contributed by atoms with Crippen LogP contribution in [0.25, 0.3) is 0 Å². The summed E-state index contributed by atoms with van der Waals surface area (Å²) in [7, 11) is 1.55. The highest BCUT2D eigenvalue weighted by Gasteiger charge is 2.13. The maximum Gasteiger partial charge on any atom is 0.275 e. The van der Waals surface area contributed by atoms with Crippen molar-refractivity contribution in [2.24, 2.45) is 0 Å². The summed E-state index contributed by atoms with van der Waals surface area (Å²) in [5.41, 5.74) is 0.551. The number of methoxy groups -OCH3 is 1. The van der Waals surface area contributed by atoms with Gasteiger partial charge in [0.2, 0.25) is 5.91 Å². The monoisotopic (exact) mass is 345 g/mol. The van der Waals surface area contributed by atoms with Gasteiger partial charge in [-0.2, -0.15) is 0 Å². The van der Waals surface area contributed by atoms with E-state index in [0.717, 1.165) is 0 Å². The maximum absolute atomic E-state index is 11.4.